The summed E-state index contributed by atoms with van der Waals surface area (Å²) in [6.07, 6.45) is 42.6. The quantitative estimate of drug-likeness (QED) is 0.00701. The van der Waals surface area contributed by atoms with Crippen LogP contribution in [0.4, 0.5) is 0 Å². The summed E-state index contributed by atoms with van der Waals surface area (Å²) in [6.45, 7) is 10.2. The van der Waals surface area contributed by atoms with Gasteiger partial charge in [-0.1, -0.05) is 220 Å². The van der Waals surface area contributed by atoms with Crippen LogP contribution in [0.3, 0.4) is 0 Å². The Hall–Kier alpha value is -1.64. The number of ether oxygens (including phenoxy) is 4. The van der Waals surface area contributed by atoms with E-state index in [1.54, 1.807) is 0 Å². The molecule has 0 radical (unpaired) electrons. The van der Waals surface area contributed by atoms with E-state index in [0.717, 1.165) is 167 Å². The number of carbonyl (C=O) groups is 6. The second-order valence-corrected chi connectivity index (χ2v) is 30.4. The van der Waals surface area contributed by atoms with Gasteiger partial charge in [-0.2, -0.15) is 0 Å². The van der Waals surface area contributed by atoms with Gasteiger partial charge in [0.15, 0.2) is 0 Å². The van der Waals surface area contributed by atoms with Crippen molar-refractivity contribution in [2.75, 3.05) is 65.9 Å². The Bertz CT molecular complexity index is 2130. The van der Waals surface area contributed by atoms with E-state index in [9.17, 15) is 57.9 Å². The van der Waals surface area contributed by atoms with Crippen LogP contribution in [-0.2, 0) is 74.9 Å². The maximum absolute atomic E-state index is 13.7. The molecule has 0 heterocycles. The number of rotatable bonds is 76. The third-order valence-corrected chi connectivity index (χ3v) is 19.3. The molecule has 0 spiro atoms. The molecule has 4 unspecified atom stereocenters. The number of allylic oxidation sites excluding steroid dienone is 4. The first-order valence-electron chi connectivity index (χ1n) is 40.3. The molecule has 0 aromatic carbocycles. The van der Waals surface area contributed by atoms with Crippen molar-refractivity contribution in [1.29, 1.82) is 0 Å². The third-order valence-electron chi connectivity index (χ3n) is 17.4. The van der Waals surface area contributed by atoms with Gasteiger partial charge >= 0.3 is 86.7 Å². The fourth-order valence-corrected chi connectivity index (χ4v) is 12.8. The number of amides is 4. The van der Waals surface area contributed by atoms with Gasteiger partial charge in [0, 0.05) is 39.1 Å². The summed E-state index contributed by atoms with van der Waals surface area (Å²) in [5, 5.41) is 31.6. The molecule has 0 aliphatic heterocycles. The van der Waals surface area contributed by atoms with E-state index < -0.39 is 109 Å². The number of phosphoric acid groups is 2. The molecule has 0 aliphatic carbocycles. The van der Waals surface area contributed by atoms with Crippen molar-refractivity contribution in [2.24, 2.45) is 0 Å². The Kier molecular flexibility index (Phi) is 78.2. The fraction of sp³-hybridized carbons (Fsp3) is 0.870. The summed E-state index contributed by atoms with van der Waals surface area (Å²) in [7, 11) is -9.61. The number of esters is 2. The van der Waals surface area contributed by atoms with Gasteiger partial charge in [-0.25, -0.2) is 9.13 Å². The average Bonchev–Trinajstić information content (AvgIpc) is 0.908. The summed E-state index contributed by atoms with van der Waals surface area (Å²) in [5.74, 6) is -3.31. The minimum Gasteiger partial charge on any atom is -1.00 e. The summed E-state index contributed by atoms with van der Waals surface area (Å²) >= 11 is 0. The van der Waals surface area contributed by atoms with Gasteiger partial charge in [0.2, 0.25) is 23.6 Å². The Morgan fingerprint density at radius 2 is 0.676 bits per heavy atom. The van der Waals surface area contributed by atoms with Crippen LogP contribution in [0.1, 0.15) is 333 Å². The van der Waals surface area contributed by atoms with E-state index in [4.69, 9.17) is 37.0 Å². The minimum absolute atomic E-state index is 0. The number of aliphatic hydroxyl groups excluding tert-OH is 2. The zero-order valence-electron chi connectivity index (χ0n) is 68.9. The molecular formula is C77H148N4Na2O20P2. The maximum atomic E-state index is 13.7. The molecule has 0 aromatic heterocycles. The summed E-state index contributed by atoms with van der Waals surface area (Å²) in [5.41, 5.74) is 0. The van der Waals surface area contributed by atoms with E-state index in [-0.39, 0.29) is 139 Å². The van der Waals surface area contributed by atoms with Gasteiger partial charge in [-0.3, -0.25) is 46.9 Å². The standard InChI is InChI=1S/C77H146N4O20P2.2Na.2H/c1-7-13-19-25-27-29-31-37-43-49-76(88)100-70(47-41-35-23-17-11-5)59-74(86)80-66(62-94-55-51-68(82)45-39-33-21-15-9-3)64-98-102(90,91)96-57-53-78-72(84)61-73(85)79-54-58-97-103(92,93)99-65-67(63-95-56-52-69(83)46-40-34-22-16-10-4)81-75(87)60-71(48-42-36-24-18-12-6)101-77(89)50-44-38-32-30-28-26-20-14-8-2;;;;/h29-32,66-71,82-83H,7-28,33-65H2,1-6H3,(H,78,84)(H,79,85)(H,80,86)(H,81,87)(H,90,91)(H,92,93);;;;/q;2*+1;2*-1/b31-29-,32-30-;;;;/t66?,67?,68-,69-,70-,71-;;;;/m1..../s1. The van der Waals surface area contributed by atoms with E-state index in [1.807, 2.05) is 0 Å². The molecule has 0 rings (SSSR count). The molecule has 8 atom stereocenters. The molecular weight excluding hydrogens is 1410 g/mol. The van der Waals surface area contributed by atoms with E-state index in [2.05, 4.69) is 87.1 Å². The zero-order chi connectivity index (χ0) is 76.1. The normalized spacial score (nSPS) is 14.4. The Morgan fingerprint density at radius 3 is 1.01 bits per heavy atom. The second-order valence-electron chi connectivity index (χ2n) is 27.5. The molecule has 0 saturated carbocycles. The number of hydrogen-bond donors (Lipinski definition) is 8. The maximum Gasteiger partial charge on any atom is 1.00 e. The van der Waals surface area contributed by atoms with E-state index in [1.165, 1.54) is 38.5 Å². The molecule has 0 aliphatic rings. The number of unbranched alkanes of at least 4 members (excludes halogenated alkanes) is 26. The van der Waals surface area contributed by atoms with Crippen LogP contribution in [0, 0.1) is 0 Å². The third kappa shape index (κ3) is 73.6. The van der Waals surface area contributed by atoms with Gasteiger partial charge < -0.3 is 63.1 Å². The monoisotopic (exact) mass is 1560 g/mol. The molecule has 608 valence electrons. The molecule has 28 heteroatoms. The van der Waals surface area contributed by atoms with Crippen molar-refractivity contribution < 1.29 is 157 Å². The Balaban J connectivity index is -0.00000867. The number of hydrogen-bond acceptors (Lipinski definition) is 18. The van der Waals surface area contributed by atoms with Crippen LogP contribution in [0.15, 0.2) is 24.3 Å². The number of aliphatic hydroxyl groups is 2. The zero-order valence-corrected chi connectivity index (χ0v) is 72.7. The molecule has 105 heavy (non-hydrogen) atoms. The topological polar surface area (TPSA) is 339 Å². The Labute approximate surface area is 681 Å². The number of carbonyl (C=O) groups excluding carboxylic acids is 6. The van der Waals surface area contributed by atoms with Crippen molar-refractivity contribution in [3.8, 4) is 0 Å². The SMILES string of the molecule is CCCCCC/C=C\CCCC(=O)O[C@H](CCCCCCC)CC(=O)NC(COCC[C@H](O)CCCCCCC)COP(=O)(O)OCCNC(=O)CC(=O)NCCOP(=O)(O)OCC(COCC[C@H](O)CCCCCCC)NC(=O)C[C@@H](CCCCCCC)OC(=O)CCC/C=C\CCCCCC.[H-].[H-].[Na+].[Na+]. The smallest absolute Gasteiger partial charge is 1.00 e. The predicted molar refractivity (Wildman–Crippen MR) is 409 cm³/mol. The van der Waals surface area contributed by atoms with Gasteiger partial charge in [0.25, 0.3) is 0 Å². The van der Waals surface area contributed by atoms with Gasteiger partial charge in [-0.05, 0) is 103 Å². The van der Waals surface area contributed by atoms with Gasteiger partial charge in [0.05, 0.1) is 76.8 Å². The first-order valence-corrected chi connectivity index (χ1v) is 43.3. The molecule has 8 N–H and O–H groups in total. The molecule has 0 saturated heterocycles. The van der Waals surface area contributed by atoms with E-state index in [0.29, 0.717) is 51.4 Å². The Morgan fingerprint density at radius 1 is 0.371 bits per heavy atom. The molecule has 0 aromatic rings. The van der Waals surface area contributed by atoms with Crippen LogP contribution < -0.4 is 80.4 Å². The molecule has 0 fully saturated rings. The summed E-state index contributed by atoms with van der Waals surface area (Å²) in [6, 6.07) is -1.92. The van der Waals surface area contributed by atoms with Gasteiger partial charge in [0.1, 0.15) is 18.6 Å². The molecule has 0 bridgehead atoms. The summed E-state index contributed by atoms with van der Waals surface area (Å²) in [4.78, 5) is 100. The first-order chi connectivity index (χ1) is 49.7. The minimum atomic E-state index is -4.81. The average molecular weight is 1560 g/mol. The summed E-state index contributed by atoms with van der Waals surface area (Å²) < 4.78 is 70.5. The second kappa shape index (κ2) is 76.4. The van der Waals surface area contributed by atoms with Crippen LogP contribution in [0.2, 0.25) is 0 Å². The van der Waals surface area contributed by atoms with Crippen molar-refractivity contribution in [3.63, 3.8) is 0 Å². The molecule has 4 amide bonds. The first kappa shape index (κ1) is 108. The largest absolute Gasteiger partial charge is 1.00 e. The molecule has 24 nitrogen and oxygen atoms in total. The van der Waals surface area contributed by atoms with Crippen molar-refractivity contribution >= 4 is 51.2 Å². The van der Waals surface area contributed by atoms with Crippen LogP contribution in [0.5, 0.6) is 0 Å². The fourth-order valence-electron chi connectivity index (χ4n) is 11.2. The van der Waals surface area contributed by atoms with Crippen molar-refractivity contribution in [2.45, 2.75) is 367 Å². The van der Waals surface area contributed by atoms with Crippen LogP contribution in [-0.4, -0.2) is 158 Å². The van der Waals surface area contributed by atoms with Crippen LogP contribution in [0.25, 0.3) is 0 Å². The van der Waals surface area contributed by atoms with E-state index >= 15 is 0 Å². The predicted octanol–water partition coefficient (Wildman–Crippen LogP) is 10.1. The van der Waals surface area contributed by atoms with Crippen molar-refractivity contribution in [3.05, 3.63) is 24.3 Å². The van der Waals surface area contributed by atoms with Crippen molar-refractivity contribution in [1.82, 2.24) is 21.3 Å². The number of phosphoric ester groups is 2. The number of nitrogens with one attached hydrogen (secondary N) is 4. The van der Waals surface area contributed by atoms with Crippen LogP contribution >= 0.6 is 15.6 Å². The van der Waals surface area contributed by atoms with Gasteiger partial charge in [-0.15, -0.1) is 0 Å².